The molecule has 4 nitrogen and oxygen atoms in total. The molecule has 1 aromatic heterocycles. The summed E-state index contributed by atoms with van der Waals surface area (Å²) in [5.41, 5.74) is 4.72. The van der Waals surface area contributed by atoms with E-state index in [1.807, 2.05) is 95.7 Å². The summed E-state index contributed by atoms with van der Waals surface area (Å²) in [6.45, 7) is 0. The summed E-state index contributed by atoms with van der Waals surface area (Å²) in [5, 5.41) is 8.96. The maximum absolute atomic E-state index is 13.4. The Hall–Kier alpha value is -4.05. The third kappa shape index (κ3) is 3.95. The molecule has 0 aliphatic carbocycles. The van der Waals surface area contributed by atoms with E-state index < -0.39 is 0 Å². The standard InChI is InChI=1S/C28H23N3O/c32-27(22-14-6-2-7-15-22)20-24(21-12-4-1-5-13-21)28(23-16-8-3-9-17-23)31-26-19-11-10-18-25(26)29-30-31/h1-19,24,28H,20H2. The molecule has 0 fully saturated rings. The van der Waals surface area contributed by atoms with Crippen molar-refractivity contribution in [3.63, 3.8) is 0 Å². The average molecular weight is 418 g/mol. The van der Waals surface area contributed by atoms with E-state index in [-0.39, 0.29) is 17.7 Å². The SMILES string of the molecule is O=C(CC(c1ccccc1)C(c1ccccc1)n1nnc2ccccc21)c1ccccc1. The molecule has 4 heteroatoms. The van der Waals surface area contributed by atoms with Crippen LogP contribution in [0, 0.1) is 0 Å². The summed E-state index contributed by atoms with van der Waals surface area (Å²) in [4.78, 5) is 13.4. The number of hydrogen-bond donors (Lipinski definition) is 0. The van der Waals surface area contributed by atoms with E-state index in [9.17, 15) is 4.79 Å². The Bertz CT molecular complexity index is 1310. The molecule has 2 atom stereocenters. The van der Waals surface area contributed by atoms with Crippen LogP contribution >= 0.6 is 0 Å². The van der Waals surface area contributed by atoms with Gasteiger partial charge in [0.2, 0.25) is 0 Å². The molecule has 5 rings (SSSR count). The molecule has 4 aromatic carbocycles. The fraction of sp³-hybridized carbons (Fsp3) is 0.107. The normalized spacial score (nSPS) is 13.0. The van der Waals surface area contributed by atoms with Gasteiger partial charge in [0.25, 0.3) is 0 Å². The number of rotatable bonds is 7. The molecule has 0 saturated carbocycles. The fourth-order valence-corrected chi connectivity index (χ4v) is 4.34. The highest BCUT2D eigenvalue weighted by molar-refractivity contribution is 5.96. The summed E-state index contributed by atoms with van der Waals surface area (Å²) in [5.74, 6) is 0.00113. The number of aromatic nitrogens is 3. The number of benzene rings is 4. The van der Waals surface area contributed by atoms with Gasteiger partial charge in [0.15, 0.2) is 5.78 Å². The smallest absolute Gasteiger partial charge is 0.163 e. The zero-order chi connectivity index (χ0) is 21.8. The number of carbonyl (C=O) groups is 1. The van der Waals surface area contributed by atoms with Crippen molar-refractivity contribution in [3.05, 3.63) is 132 Å². The van der Waals surface area contributed by atoms with Crippen LogP contribution in [0.5, 0.6) is 0 Å². The lowest BCUT2D eigenvalue weighted by Crippen LogP contribution is -2.23. The third-order valence-electron chi connectivity index (χ3n) is 5.89. The number of nitrogens with zero attached hydrogens (tertiary/aromatic N) is 3. The van der Waals surface area contributed by atoms with Crippen molar-refractivity contribution in [3.8, 4) is 0 Å². The second-order valence-corrected chi connectivity index (χ2v) is 7.89. The van der Waals surface area contributed by atoms with Gasteiger partial charge in [-0.2, -0.15) is 0 Å². The van der Waals surface area contributed by atoms with Crippen LogP contribution in [0.4, 0.5) is 0 Å². The second kappa shape index (κ2) is 8.98. The molecular weight excluding hydrogens is 394 g/mol. The first-order chi connectivity index (χ1) is 15.8. The first-order valence-electron chi connectivity index (χ1n) is 10.8. The topological polar surface area (TPSA) is 47.8 Å². The molecule has 32 heavy (non-hydrogen) atoms. The minimum atomic E-state index is -0.182. The van der Waals surface area contributed by atoms with Crippen LogP contribution < -0.4 is 0 Å². The van der Waals surface area contributed by atoms with Crippen LogP contribution in [-0.4, -0.2) is 20.8 Å². The zero-order valence-corrected chi connectivity index (χ0v) is 17.6. The van der Waals surface area contributed by atoms with E-state index in [4.69, 9.17) is 0 Å². The Morgan fingerprint density at radius 2 is 1.25 bits per heavy atom. The Labute approximate surface area is 187 Å². The van der Waals surface area contributed by atoms with Crippen molar-refractivity contribution in [2.24, 2.45) is 0 Å². The number of carbonyl (C=O) groups excluding carboxylic acids is 1. The van der Waals surface area contributed by atoms with Crippen molar-refractivity contribution in [2.45, 2.75) is 18.4 Å². The molecular formula is C28H23N3O. The molecule has 0 N–H and O–H groups in total. The minimum absolute atomic E-state index is 0.114. The van der Waals surface area contributed by atoms with Gasteiger partial charge >= 0.3 is 0 Å². The summed E-state index contributed by atoms with van der Waals surface area (Å²) in [6, 6.07) is 37.8. The van der Waals surface area contributed by atoms with Crippen LogP contribution in [0.15, 0.2) is 115 Å². The summed E-state index contributed by atoms with van der Waals surface area (Å²) < 4.78 is 1.97. The largest absolute Gasteiger partial charge is 0.294 e. The van der Waals surface area contributed by atoms with Gasteiger partial charge in [0.1, 0.15) is 5.52 Å². The second-order valence-electron chi connectivity index (χ2n) is 7.89. The van der Waals surface area contributed by atoms with Crippen LogP contribution in [0.2, 0.25) is 0 Å². The average Bonchev–Trinajstić information content (AvgIpc) is 3.29. The molecule has 1 heterocycles. The Morgan fingerprint density at radius 3 is 1.94 bits per heavy atom. The molecule has 0 aliphatic rings. The predicted molar refractivity (Wildman–Crippen MR) is 127 cm³/mol. The van der Waals surface area contributed by atoms with Crippen LogP contribution in [-0.2, 0) is 0 Å². The quantitative estimate of drug-likeness (QED) is 0.302. The van der Waals surface area contributed by atoms with Gasteiger partial charge in [0.05, 0.1) is 11.6 Å². The van der Waals surface area contributed by atoms with Gasteiger partial charge in [-0.05, 0) is 23.3 Å². The number of para-hydroxylation sites is 1. The van der Waals surface area contributed by atoms with E-state index in [0.29, 0.717) is 6.42 Å². The first kappa shape index (κ1) is 19.9. The van der Waals surface area contributed by atoms with Crippen molar-refractivity contribution in [1.82, 2.24) is 15.0 Å². The first-order valence-corrected chi connectivity index (χ1v) is 10.8. The van der Waals surface area contributed by atoms with E-state index >= 15 is 0 Å². The molecule has 5 aromatic rings. The van der Waals surface area contributed by atoms with Crippen molar-refractivity contribution < 1.29 is 4.79 Å². The Balaban J connectivity index is 1.66. The van der Waals surface area contributed by atoms with Gasteiger partial charge in [-0.15, -0.1) is 5.10 Å². The van der Waals surface area contributed by atoms with Crippen LogP contribution in [0.1, 0.15) is 39.9 Å². The molecule has 0 saturated heterocycles. The number of fused-ring (bicyclic) bond motifs is 1. The molecule has 0 amide bonds. The molecule has 0 spiro atoms. The van der Waals surface area contributed by atoms with Gasteiger partial charge in [-0.1, -0.05) is 108 Å². The van der Waals surface area contributed by atoms with Gasteiger partial charge in [-0.25, -0.2) is 4.68 Å². The van der Waals surface area contributed by atoms with E-state index in [1.54, 1.807) is 0 Å². The predicted octanol–water partition coefficient (Wildman–Crippen LogP) is 6.08. The van der Waals surface area contributed by atoms with E-state index in [0.717, 1.165) is 27.7 Å². The van der Waals surface area contributed by atoms with Crippen molar-refractivity contribution in [2.75, 3.05) is 0 Å². The fourth-order valence-electron chi connectivity index (χ4n) is 4.34. The summed E-state index contributed by atoms with van der Waals surface area (Å²) in [6.07, 6.45) is 0.363. The molecule has 2 unspecified atom stereocenters. The van der Waals surface area contributed by atoms with Crippen LogP contribution in [0.3, 0.4) is 0 Å². The Morgan fingerprint density at radius 1 is 0.688 bits per heavy atom. The lowest BCUT2D eigenvalue weighted by atomic mass is 9.82. The number of Topliss-reactive ketones (excluding diaryl/α,β-unsaturated/α-hetero) is 1. The summed E-state index contributed by atoms with van der Waals surface area (Å²) >= 11 is 0. The van der Waals surface area contributed by atoms with Gasteiger partial charge in [0, 0.05) is 17.9 Å². The molecule has 156 valence electrons. The van der Waals surface area contributed by atoms with Gasteiger partial charge < -0.3 is 0 Å². The van der Waals surface area contributed by atoms with Gasteiger partial charge in [-0.3, -0.25) is 4.79 Å². The molecule has 0 radical (unpaired) electrons. The minimum Gasteiger partial charge on any atom is -0.294 e. The number of ketones is 1. The van der Waals surface area contributed by atoms with E-state index in [1.165, 1.54) is 0 Å². The van der Waals surface area contributed by atoms with E-state index in [2.05, 4.69) is 34.6 Å². The third-order valence-corrected chi connectivity index (χ3v) is 5.89. The zero-order valence-electron chi connectivity index (χ0n) is 17.6. The van der Waals surface area contributed by atoms with Crippen molar-refractivity contribution in [1.29, 1.82) is 0 Å². The highest BCUT2D eigenvalue weighted by atomic mass is 16.1. The lowest BCUT2D eigenvalue weighted by molar-refractivity contribution is 0.0966. The highest BCUT2D eigenvalue weighted by Gasteiger charge is 2.31. The summed E-state index contributed by atoms with van der Waals surface area (Å²) in [7, 11) is 0. The van der Waals surface area contributed by atoms with Crippen LogP contribution in [0.25, 0.3) is 11.0 Å². The maximum Gasteiger partial charge on any atom is 0.163 e. The van der Waals surface area contributed by atoms with Crippen molar-refractivity contribution >= 4 is 16.8 Å². The lowest BCUT2D eigenvalue weighted by Gasteiger charge is -2.28. The highest BCUT2D eigenvalue weighted by Crippen LogP contribution is 2.38. The Kier molecular flexibility index (Phi) is 5.58. The number of hydrogen-bond acceptors (Lipinski definition) is 3. The molecule has 0 bridgehead atoms. The molecule has 0 aliphatic heterocycles. The maximum atomic E-state index is 13.4. The monoisotopic (exact) mass is 417 g/mol.